The van der Waals surface area contributed by atoms with Crippen LogP contribution in [0.4, 0.5) is 11.6 Å². The van der Waals surface area contributed by atoms with Crippen LogP contribution in [0.2, 0.25) is 0 Å². The van der Waals surface area contributed by atoms with Gasteiger partial charge in [0, 0.05) is 44.1 Å². The van der Waals surface area contributed by atoms with E-state index in [2.05, 4.69) is 49.0 Å². The minimum Gasteiger partial charge on any atom is -0.354 e. The zero-order valence-corrected chi connectivity index (χ0v) is 13.8. The van der Waals surface area contributed by atoms with E-state index in [0.717, 1.165) is 56.4 Å². The average molecular weight is 323 g/mol. The van der Waals surface area contributed by atoms with Crippen molar-refractivity contribution >= 4 is 17.4 Å². The van der Waals surface area contributed by atoms with Crippen LogP contribution in [-0.2, 0) is 6.42 Å². The molecule has 4 rings (SSSR count). The molecular formula is C17H21N7. The zero-order valence-electron chi connectivity index (χ0n) is 13.8. The molecule has 0 N–H and O–H groups in total. The molecule has 0 bridgehead atoms. The third-order valence-electron chi connectivity index (χ3n) is 4.40. The number of pyridine rings is 1. The highest BCUT2D eigenvalue weighted by atomic mass is 15.4. The SMILES string of the molecule is CCCc1cc(N2CCN(c3ccccn3)CC2)n2cnnc2n1. The number of hydrogen-bond acceptors (Lipinski definition) is 6. The van der Waals surface area contributed by atoms with Crippen LogP contribution in [0.15, 0.2) is 36.8 Å². The number of rotatable bonds is 4. The number of hydrogen-bond donors (Lipinski definition) is 0. The summed E-state index contributed by atoms with van der Waals surface area (Å²) >= 11 is 0. The van der Waals surface area contributed by atoms with Gasteiger partial charge >= 0.3 is 0 Å². The smallest absolute Gasteiger partial charge is 0.256 e. The summed E-state index contributed by atoms with van der Waals surface area (Å²) in [6, 6.07) is 8.24. The lowest BCUT2D eigenvalue weighted by Crippen LogP contribution is -2.47. The third-order valence-corrected chi connectivity index (χ3v) is 4.40. The number of aromatic nitrogens is 5. The van der Waals surface area contributed by atoms with Crippen LogP contribution >= 0.6 is 0 Å². The summed E-state index contributed by atoms with van der Waals surface area (Å²) in [4.78, 5) is 13.8. The van der Waals surface area contributed by atoms with Gasteiger partial charge in [0.1, 0.15) is 18.0 Å². The third kappa shape index (κ3) is 2.77. The molecule has 0 unspecified atom stereocenters. The van der Waals surface area contributed by atoms with E-state index in [9.17, 15) is 0 Å². The van der Waals surface area contributed by atoms with E-state index >= 15 is 0 Å². The molecule has 3 aromatic heterocycles. The monoisotopic (exact) mass is 323 g/mol. The van der Waals surface area contributed by atoms with Gasteiger partial charge in [-0.05, 0) is 18.6 Å². The highest BCUT2D eigenvalue weighted by Crippen LogP contribution is 2.21. The molecule has 0 spiro atoms. The number of nitrogens with zero attached hydrogens (tertiary/aromatic N) is 7. The summed E-state index contributed by atoms with van der Waals surface area (Å²) in [6.45, 7) is 5.96. The van der Waals surface area contributed by atoms with Gasteiger partial charge in [0.25, 0.3) is 5.78 Å². The van der Waals surface area contributed by atoms with Gasteiger partial charge in [-0.25, -0.2) is 9.97 Å². The predicted octanol–water partition coefficient (Wildman–Crippen LogP) is 1.80. The topological polar surface area (TPSA) is 62.5 Å². The van der Waals surface area contributed by atoms with Crippen LogP contribution in [0.3, 0.4) is 0 Å². The van der Waals surface area contributed by atoms with Crippen molar-refractivity contribution in [3.05, 3.63) is 42.5 Å². The van der Waals surface area contributed by atoms with Gasteiger partial charge in [-0.1, -0.05) is 19.4 Å². The molecule has 1 fully saturated rings. The second-order valence-corrected chi connectivity index (χ2v) is 6.02. The fraction of sp³-hybridized carbons (Fsp3) is 0.412. The minimum absolute atomic E-state index is 0.683. The highest BCUT2D eigenvalue weighted by molar-refractivity contribution is 5.50. The largest absolute Gasteiger partial charge is 0.354 e. The molecule has 3 aromatic rings. The number of fused-ring (bicyclic) bond motifs is 1. The molecule has 0 aromatic carbocycles. The van der Waals surface area contributed by atoms with Crippen molar-refractivity contribution in [1.82, 2.24) is 24.6 Å². The van der Waals surface area contributed by atoms with Gasteiger partial charge in [-0.3, -0.25) is 4.40 Å². The van der Waals surface area contributed by atoms with E-state index < -0.39 is 0 Å². The predicted molar refractivity (Wildman–Crippen MR) is 93.4 cm³/mol. The summed E-state index contributed by atoms with van der Waals surface area (Å²) in [5.41, 5.74) is 1.08. The molecule has 124 valence electrons. The van der Waals surface area contributed by atoms with Crippen molar-refractivity contribution in [2.24, 2.45) is 0 Å². The first-order chi connectivity index (χ1) is 11.8. The lowest BCUT2D eigenvalue weighted by Gasteiger charge is -2.36. The maximum Gasteiger partial charge on any atom is 0.256 e. The van der Waals surface area contributed by atoms with Crippen molar-refractivity contribution in [2.45, 2.75) is 19.8 Å². The maximum absolute atomic E-state index is 4.59. The highest BCUT2D eigenvalue weighted by Gasteiger charge is 2.21. The standard InChI is InChI=1S/C17H21N7/c1-2-5-14-12-16(24-13-19-21-17(24)20-14)23-10-8-22(9-11-23)15-6-3-4-7-18-15/h3-4,6-7,12-13H,2,5,8-11H2,1H3. The molecule has 1 aliphatic rings. The molecule has 0 radical (unpaired) electrons. The Morgan fingerprint density at radius 2 is 1.92 bits per heavy atom. The Labute approximate surface area is 141 Å². The fourth-order valence-corrected chi connectivity index (χ4v) is 3.18. The van der Waals surface area contributed by atoms with Crippen LogP contribution in [0.1, 0.15) is 19.0 Å². The van der Waals surface area contributed by atoms with E-state index in [1.807, 2.05) is 22.7 Å². The van der Waals surface area contributed by atoms with Crippen LogP contribution in [0, 0.1) is 0 Å². The van der Waals surface area contributed by atoms with Gasteiger partial charge in [-0.2, -0.15) is 0 Å². The molecular weight excluding hydrogens is 302 g/mol. The van der Waals surface area contributed by atoms with E-state index in [1.54, 1.807) is 6.33 Å². The van der Waals surface area contributed by atoms with Crippen molar-refractivity contribution in [2.75, 3.05) is 36.0 Å². The minimum atomic E-state index is 0.683. The second-order valence-electron chi connectivity index (χ2n) is 6.02. The number of piperazine rings is 1. The molecule has 4 heterocycles. The van der Waals surface area contributed by atoms with Gasteiger partial charge in [0.05, 0.1) is 0 Å². The Bertz CT molecular complexity index is 806. The maximum atomic E-state index is 4.59. The lowest BCUT2D eigenvalue weighted by molar-refractivity contribution is 0.637. The molecule has 0 atom stereocenters. The Morgan fingerprint density at radius 3 is 2.67 bits per heavy atom. The Balaban J connectivity index is 1.57. The summed E-state index contributed by atoms with van der Waals surface area (Å²) in [5.74, 6) is 2.87. The van der Waals surface area contributed by atoms with E-state index in [4.69, 9.17) is 0 Å². The fourth-order valence-electron chi connectivity index (χ4n) is 3.18. The quantitative estimate of drug-likeness (QED) is 0.729. The van der Waals surface area contributed by atoms with Crippen molar-refractivity contribution in [3.8, 4) is 0 Å². The van der Waals surface area contributed by atoms with Gasteiger partial charge in [-0.15, -0.1) is 10.2 Å². The molecule has 0 amide bonds. The molecule has 1 aliphatic heterocycles. The van der Waals surface area contributed by atoms with Gasteiger partial charge < -0.3 is 9.80 Å². The zero-order chi connectivity index (χ0) is 16.4. The van der Waals surface area contributed by atoms with Crippen LogP contribution in [0.25, 0.3) is 5.78 Å². The molecule has 7 nitrogen and oxygen atoms in total. The Kier molecular flexibility index (Phi) is 3.98. The summed E-state index contributed by atoms with van der Waals surface area (Å²) in [7, 11) is 0. The summed E-state index contributed by atoms with van der Waals surface area (Å²) < 4.78 is 1.98. The molecule has 7 heteroatoms. The summed E-state index contributed by atoms with van der Waals surface area (Å²) in [5, 5.41) is 8.16. The molecule has 0 aliphatic carbocycles. The van der Waals surface area contributed by atoms with E-state index in [-0.39, 0.29) is 0 Å². The number of anilines is 2. The average Bonchev–Trinajstić information content (AvgIpc) is 3.11. The van der Waals surface area contributed by atoms with Gasteiger partial charge in [0.15, 0.2) is 0 Å². The summed E-state index contributed by atoms with van der Waals surface area (Å²) in [6.07, 6.45) is 5.63. The Hall–Kier alpha value is -2.70. The molecule has 24 heavy (non-hydrogen) atoms. The molecule has 1 saturated heterocycles. The first-order valence-electron chi connectivity index (χ1n) is 8.46. The van der Waals surface area contributed by atoms with Crippen molar-refractivity contribution < 1.29 is 0 Å². The van der Waals surface area contributed by atoms with E-state index in [1.165, 1.54) is 0 Å². The first kappa shape index (κ1) is 14.9. The van der Waals surface area contributed by atoms with Crippen LogP contribution < -0.4 is 9.80 Å². The van der Waals surface area contributed by atoms with Gasteiger partial charge in [0.2, 0.25) is 0 Å². The van der Waals surface area contributed by atoms with Crippen molar-refractivity contribution in [3.63, 3.8) is 0 Å². The van der Waals surface area contributed by atoms with E-state index in [0.29, 0.717) is 5.78 Å². The normalized spacial score (nSPS) is 15.2. The second kappa shape index (κ2) is 6.43. The first-order valence-corrected chi connectivity index (χ1v) is 8.46. The Morgan fingerprint density at radius 1 is 1.08 bits per heavy atom. The van der Waals surface area contributed by atoms with Crippen LogP contribution in [-0.4, -0.2) is 50.7 Å². The molecule has 0 saturated carbocycles. The lowest BCUT2D eigenvalue weighted by atomic mass is 10.2. The van der Waals surface area contributed by atoms with Crippen LogP contribution in [0.5, 0.6) is 0 Å². The number of aryl methyl sites for hydroxylation is 1. The van der Waals surface area contributed by atoms with Crippen molar-refractivity contribution in [1.29, 1.82) is 0 Å².